The fourth-order valence-corrected chi connectivity index (χ4v) is 4.08. The number of aryl methyl sites for hydroxylation is 1. The van der Waals surface area contributed by atoms with Gasteiger partial charge in [-0.05, 0) is 30.3 Å². The molecule has 0 aliphatic heterocycles. The van der Waals surface area contributed by atoms with Crippen molar-refractivity contribution in [2.24, 2.45) is 0 Å². The number of aromatic nitrogens is 3. The normalized spacial score (nSPS) is 10.9. The van der Waals surface area contributed by atoms with Crippen molar-refractivity contribution in [1.29, 1.82) is 0 Å². The lowest BCUT2D eigenvalue weighted by molar-refractivity contribution is -0.137. The zero-order chi connectivity index (χ0) is 22.7. The SMILES string of the molecule is O=C(O)CCn1cccc(-c2cc(NCc3ccc(Cl)s3)n(C(=O)c3ccoc3)n2)c1=O. The second-order valence-corrected chi connectivity index (χ2v) is 8.57. The van der Waals surface area contributed by atoms with Crippen LogP contribution in [-0.4, -0.2) is 31.3 Å². The van der Waals surface area contributed by atoms with Crippen LogP contribution in [0.1, 0.15) is 21.7 Å². The molecule has 0 fully saturated rings. The Morgan fingerprint density at radius 3 is 2.78 bits per heavy atom. The van der Waals surface area contributed by atoms with E-state index in [1.165, 1.54) is 45.4 Å². The summed E-state index contributed by atoms with van der Waals surface area (Å²) >= 11 is 7.39. The quantitative estimate of drug-likeness (QED) is 0.400. The minimum atomic E-state index is -1.00. The maximum Gasteiger partial charge on any atom is 0.305 e. The lowest BCUT2D eigenvalue weighted by Crippen LogP contribution is -2.22. The minimum absolute atomic E-state index is 0.0287. The van der Waals surface area contributed by atoms with Gasteiger partial charge in [0.05, 0.1) is 34.7 Å². The Balaban J connectivity index is 1.70. The van der Waals surface area contributed by atoms with Gasteiger partial charge >= 0.3 is 5.97 Å². The first-order valence-corrected chi connectivity index (χ1v) is 10.7. The summed E-state index contributed by atoms with van der Waals surface area (Å²) < 4.78 is 8.13. The second kappa shape index (κ2) is 9.25. The van der Waals surface area contributed by atoms with E-state index in [0.717, 1.165) is 4.88 Å². The molecule has 32 heavy (non-hydrogen) atoms. The topological polar surface area (TPSA) is 119 Å². The average Bonchev–Trinajstić information content (AvgIpc) is 3.52. The van der Waals surface area contributed by atoms with E-state index >= 15 is 0 Å². The molecule has 0 aromatic carbocycles. The standard InChI is InChI=1S/C21H17ClN4O5S/c22-17-4-3-14(32-17)11-23-18-10-16(24-26(18)20(29)13-6-9-31-12-13)15-2-1-7-25(21(15)30)8-5-19(27)28/h1-4,6-7,9-10,12,23H,5,8,11H2,(H,27,28). The zero-order valence-electron chi connectivity index (χ0n) is 16.5. The molecule has 164 valence electrons. The molecule has 0 saturated heterocycles. The maximum atomic E-state index is 13.0. The number of hydrogen-bond acceptors (Lipinski definition) is 7. The number of aliphatic carboxylic acids is 1. The minimum Gasteiger partial charge on any atom is -0.481 e. The summed E-state index contributed by atoms with van der Waals surface area (Å²) in [7, 11) is 0. The molecule has 0 spiro atoms. The van der Waals surface area contributed by atoms with Crippen molar-refractivity contribution in [1.82, 2.24) is 14.3 Å². The molecule has 0 aliphatic rings. The van der Waals surface area contributed by atoms with Crippen LogP contribution in [0.15, 0.2) is 64.3 Å². The Bertz CT molecular complexity index is 1320. The van der Waals surface area contributed by atoms with Crippen LogP contribution in [0.3, 0.4) is 0 Å². The summed E-state index contributed by atoms with van der Waals surface area (Å²) in [5, 5.41) is 16.4. The molecule has 2 N–H and O–H groups in total. The molecular weight excluding hydrogens is 456 g/mol. The van der Waals surface area contributed by atoms with Gasteiger partial charge in [0.2, 0.25) is 0 Å². The molecule has 4 aromatic rings. The van der Waals surface area contributed by atoms with Gasteiger partial charge in [0.15, 0.2) is 0 Å². The number of carboxylic acids is 1. The van der Waals surface area contributed by atoms with E-state index < -0.39 is 17.4 Å². The molecule has 11 heteroatoms. The summed E-state index contributed by atoms with van der Waals surface area (Å²) in [5.41, 5.74) is 0.432. The molecule has 0 radical (unpaired) electrons. The number of carboxylic acid groups (broad SMARTS) is 1. The smallest absolute Gasteiger partial charge is 0.305 e. The number of nitrogens with zero attached hydrogens (tertiary/aromatic N) is 3. The van der Waals surface area contributed by atoms with Crippen LogP contribution < -0.4 is 10.9 Å². The van der Waals surface area contributed by atoms with Gasteiger partial charge in [0.25, 0.3) is 11.5 Å². The van der Waals surface area contributed by atoms with E-state index in [-0.39, 0.29) is 24.2 Å². The predicted molar refractivity (Wildman–Crippen MR) is 119 cm³/mol. The lowest BCUT2D eigenvalue weighted by Gasteiger charge is -2.06. The summed E-state index contributed by atoms with van der Waals surface area (Å²) in [6.45, 7) is 0.430. The Morgan fingerprint density at radius 2 is 2.09 bits per heavy atom. The number of furan rings is 1. The van der Waals surface area contributed by atoms with E-state index in [1.807, 2.05) is 6.07 Å². The molecule has 0 aliphatic carbocycles. The fraction of sp³-hybridized carbons (Fsp3) is 0.143. The van der Waals surface area contributed by atoms with Gasteiger partial charge in [0, 0.05) is 23.7 Å². The largest absolute Gasteiger partial charge is 0.481 e. The first-order valence-electron chi connectivity index (χ1n) is 9.49. The highest BCUT2D eigenvalue weighted by atomic mass is 35.5. The molecule has 0 saturated carbocycles. The van der Waals surface area contributed by atoms with Crippen molar-refractivity contribution in [3.05, 3.63) is 80.3 Å². The number of pyridine rings is 1. The van der Waals surface area contributed by atoms with Crippen LogP contribution in [0.4, 0.5) is 5.82 Å². The van der Waals surface area contributed by atoms with E-state index in [0.29, 0.717) is 22.3 Å². The van der Waals surface area contributed by atoms with Crippen molar-refractivity contribution in [3.8, 4) is 11.3 Å². The molecule has 0 bridgehead atoms. The number of hydrogen-bond donors (Lipinski definition) is 2. The van der Waals surface area contributed by atoms with Crippen molar-refractivity contribution in [2.75, 3.05) is 5.32 Å². The van der Waals surface area contributed by atoms with Gasteiger partial charge in [-0.25, -0.2) is 0 Å². The van der Waals surface area contributed by atoms with Gasteiger partial charge in [-0.2, -0.15) is 9.78 Å². The van der Waals surface area contributed by atoms with Crippen LogP contribution in [-0.2, 0) is 17.9 Å². The number of carbonyl (C=O) groups is 2. The Labute approximate surface area is 190 Å². The number of carbonyl (C=O) groups excluding carboxylic acids is 1. The van der Waals surface area contributed by atoms with Crippen LogP contribution >= 0.6 is 22.9 Å². The van der Waals surface area contributed by atoms with Crippen molar-refractivity contribution in [2.45, 2.75) is 19.5 Å². The Hall–Kier alpha value is -3.63. The summed E-state index contributed by atoms with van der Waals surface area (Å²) in [6, 6.07) is 10.00. The lowest BCUT2D eigenvalue weighted by atomic mass is 10.2. The van der Waals surface area contributed by atoms with Crippen LogP contribution in [0.5, 0.6) is 0 Å². The first kappa shape index (κ1) is 21.6. The van der Waals surface area contributed by atoms with Crippen molar-refractivity contribution >= 4 is 40.6 Å². The van der Waals surface area contributed by atoms with E-state index in [2.05, 4.69) is 10.4 Å². The summed E-state index contributed by atoms with van der Waals surface area (Å²) in [5.74, 6) is -1.05. The molecule has 0 amide bonds. The highest BCUT2D eigenvalue weighted by molar-refractivity contribution is 7.16. The van der Waals surface area contributed by atoms with Crippen LogP contribution in [0.25, 0.3) is 11.3 Å². The monoisotopic (exact) mass is 472 g/mol. The van der Waals surface area contributed by atoms with Crippen LogP contribution in [0.2, 0.25) is 4.34 Å². The van der Waals surface area contributed by atoms with Gasteiger partial charge in [-0.15, -0.1) is 11.3 Å². The highest BCUT2D eigenvalue weighted by Gasteiger charge is 2.20. The molecule has 4 aromatic heterocycles. The molecule has 0 unspecified atom stereocenters. The van der Waals surface area contributed by atoms with Crippen molar-refractivity contribution in [3.63, 3.8) is 0 Å². The maximum absolute atomic E-state index is 13.0. The van der Waals surface area contributed by atoms with Crippen LogP contribution in [0, 0.1) is 0 Å². The fourth-order valence-electron chi connectivity index (χ4n) is 3.05. The zero-order valence-corrected chi connectivity index (χ0v) is 18.1. The third-order valence-electron chi connectivity index (χ3n) is 4.61. The summed E-state index contributed by atoms with van der Waals surface area (Å²) in [4.78, 5) is 37.6. The molecule has 4 heterocycles. The number of anilines is 1. The number of thiophene rings is 1. The third-order valence-corrected chi connectivity index (χ3v) is 5.84. The highest BCUT2D eigenvalue weighted by Crippen LogP contribution is 2.25. The first-order chi connectivity index (χ1) is 15.4. The Morgan fingerprint density at radius 1 is 1.25 bits per heavy atom. The number of rotatable bonds is 8. The van der Waals surface area contributed by atoms with Gasteiger partial charge < -0.3 is 19.4 Å². The third kappa shape index (κ3) is 4.66. The molecule has 9 nitrogen and oxygen atoms in total. The van der Waals surface area contributed by atoms with E-state index in [9.17, 15) is 14.4 Å². The van der Waals surface area contributed by atoms with E-state index in [4.69, 9.17) is 21.1 Å². The number of nitrogens with one attached hydrogen (secondary N) is 1. The predicted octanol–water partition coefficient (Wildman–Crippen LogP) is 3.80. The molecule has 4 rings (SSSR count). The van der Waals surface area contributed by atoms with Crippen molar-refractivity contribution < 1.29 is 19.1 Å². The van der Waals surface area contributed by atoms with Gasteiger partial charge in [0.1, 0.15) is 17.8 Å². The van der Waals surface area contributed by atoms with E-state index in [1.54, 1.807) is 24.3 Å². The summed E-state index contributed by atoms with van der Waals surface area (Å²) in [6.07, 6.45) is 4.03. The molecular formula is C21H17ClN4O5S. The Kier molecular flexibility index (Phi) is 6.24. The molecule has 0 atom stereocenters. The number of halogens is 1. The average molecular weight is 473 g/mol. The van der Waals surface area contributed by atoms with Gasteiger partial charge in [-0.3, -0.25) is 14.4 Å². The van der Waals surface area contributed by atoms with Gasteiger partial charge in [-0.1, -0.05) is 11.6 Å². The second-order valence-electron chi connectivity index (χ2n) is 6.77.